The molecule has 3 rings (SSSR count). The number of para-hydroxylation sites is 1. The number of rotatable bonds is 4. The van der Waals surface area contributed by atoms with Crippen LogP contribution < -0.4 is 4.90 Å². The molecule has 1 amide bonds. The molecule has 1 heterocycles. The zero-order chi connectivity index (χ0) is 18.5. The number of fused-ring (bicyclic) bond motifs is 1. The summed E-state index contributed by atoms with van der Waals surface area (Å²) in [4.78, 5) is 28.8. The minimum Gasteiger partial charge on any atom is -0.452 e. The smallest absolute Gasteiger partial charge is 0.339 e. The van der Waals surface area contributed by atoms with Gasteiger partial charge in [0.25, 0.3) is 5.91 Å². The third-order valence-electron chi connectivity index (χ3n) is 4.20. The SMILES string of the molecule is CSc1ccccc1C(=O)OCC(=O)N1CC[C@@H](C)Sc2ccccc21. The number of carbonyl (C=O) groups is 2. The highest BCUT2D eigenvalue weighted by atomic mass is 32.2. The van der Waals surface area contributed by atoms with E-state index in [-0.39, 0.29) is 12.5 Å². The molecule has 26 heavy (non-hydrogen) atoms. The van der Waals surface area contributed by atoms with Gasteiger partial charge >= 0.3 is 5.97 Å². The van der Waals surface area contributed by atoms with Gasteiger partial charge in [0.1, 0.15) is 0 Å². The van der Waals surface area contributed by atoms with E-state index in [1.165, 1.54) is 11.8 Å². The summed E-state index contributed by atoms with van der Waals surface area (Å²) in [6.07, 6.45) is 2.80. The van der Waals surface area contributed by atoms with E-state index in [9.17, 15) is 9.59 Å². The summed E-state index contributed by atoms with van der Waals surface area (Å²) in [7, 11) is 0. The van der Waals surface area contributed by atoms with Crippen molar-refractivity contribution in [2.24, 2.45) is 0 Å². The molecule has 0 fully saturated rings. The second-order valence-electron chi connectivity index (χ2n) is 6.01. The molecule has 2 aromatic carbocycles. The van der Waals surface area contributed by atoms with Crippen molar-refractivity contribution in [3.8, 4) is 0 Å². The molecule has 0 unspecified atom stereocenters. The molecule has 0 saturated carbocycles. The van der Waals surface area contributed by atoms with E-state index in [2.05, 4.69) is 6.92 Å². The Hall–Kier alpha value is -1.92. The molecular formula is C20H21NO3S2. The lowest BCUT2D eigenvalue weighted by molar-refractivity contribution is -0.121. The van der Waals surface area contributed by atoms with Crippen LogP contribution in [0.15, 0.2) is 58.3 Å². The van der Waals surface area contributed by atoms with Gasteiger partial charge in [-0.05, 0) is 36.9 Å². The molecule has 0 radical (unpaired) electrons. The van der Waals surface area contributed by atoms with Crippen molar-refractivity contribution in [1.29, 1.82) is 0 Å². The summed E-state index contributed by atoms with van der Waals surface area (Å²) >= 11 is 3.26. The first-order valence-corrected chi connectivity index (χ1v) is 10.6. The Morgan fingerprint density at radius 3 is 2.73 bits per heavy atom. The average molecular weight is 388 g/mol. The average Bonchev–Trinajstić information content (AvgIpc) is 2.84. The summed E-state index contributed by atoms with van der Waals surface area (Å²) in [6, 6.07) is 15.1. The number of hydrogen-bond donors (Lipinski definition) is 0. The molecule has 1 aliphatic rings. The molecular weight excluding hydrogens is 366 g/mol. The van der Waals surface area contributed by atoms with Crippen molar-refractivity contribution < 1.29 is 14.3 Å². The number of esters is 1. The first-order chi connectivity index (χ1) is 12.6. The van der Waals surface area contributed by atoms with Gasteiger partial charge in [-0.2, -0.15) is 0 Å². The molecule has 1 atom stereocenters. The second kappa shape index (κ2) is 8.64. The van der Waals surface area contributed by atoms with Crippen LogP contribution in [0.25, 0.3) is 0 Å². The Balaban J connectivity index is 1.71. The van der Waals surface area contributed by atoms with Gasteiger partial charge in [-0.25, -0.2) is 4.79 Å². The van der Waals surface area contributed by atoms with Crippen LogP contribution >= 0.6 is 23.5 Å². The second-order valence-corrected chi connectivity index (χ2v) is 8.34. The minimum absolute atomic E-state index is 0.192. The number of carbonyl (C=O) groups excluding carboxylic acids is 2. The van der Waals surface area contributed by atoms with E-state index in [4.69, 9.17) is 4.74 Å². The molecule has 0 spiro atoms. The molecule has 4 nitrogen and oxygen atoms in total. The van der Waals surface area contributed by atoms with E-state index >= 15 is 0 Å². The van der Waals surface area contributed by atoms with Crippen molar-refractivity contribution in [1.82, 2.24) is 0 Å². The highest BCUT2D eigenvalue weighted by molar-refractivity contribution is 8.00. The molecule has 2 aromatic rings. The van der Waals surface area contributed by atoms with Crippen LogP contribution in [0.4, 0.5) is 5.69 Å². The Bertz CT molecular complexity index is 809. The summed E-state index contributed by atoms with van der Waals surface area (Å²) in [5.41, 5.74) is 1.39. The lowest BCUT2D eigenvalue weighted by Gasteiger charge is -2.22. The first-order valence-electron chi connectivity index (χ1n) is 8.46. The number of amides is 1. The van der Waals surface area contributed by atoms with Gasteiger partial charge in [-0.1, -0.05) is 31.2 Å². The number of hydrogen-bond acceptors (Lipinski definition) is 5. The molecule has 0 aliphatic carbocycles. The number of thioether (sulfide) groups is 2. The van der Waals surface area contributed by atoms with Crippen LogP contribution in [0.3, 0.4) is 0 Å². The summed E-state index contributed by atoms with van der Waals surface area (Å²) < 4.78 is 5.32. The summed E-state index contributed by atoms with van der Waals surface area (Å²) in [5, 5.41) is 0.435. The first kappa shape index (κ1) is 18.9. The van der Waals surface area contributed by atoms with E-state index < -0.39 is 5.97 Å². The fourth-order valence-corrected chi connectivity index (χ4v) is 4.54. The van der Waals surface area contributed by atoms with Gasteiger partial charge in [-0.3, -0.25) is 4.79 Å². The lowest BCUT2D eigenvalue weighted by atomic mass is 10.2. The topological polar surface area (TPSA) is 46.6 Å². The Morgan fingerprint density at radius 2 is 1.92 bits per heavy atom. The number of nitrogens with zero attached hydrogens (tertiary/aromatic N) is 1. The van der Waals surface area contributed by atoms with Crippen molar-refractivity contribution in [2.75, 3.05) is 24.3 Å². The van der Waals surface area contributed by atoms with Gasteiger partial charge in [0.05, 0.1) is 11.3 Å². The fraction of sp³-hybridized carbons (Fsp3) is 0.300. The monoisotopic (exact) mass is 387 g/mol. The van der Waals surface area contributed by atoms with Crippen LogP contribution in [0, 0.1) is 0 Å². The summed E-state index contributed by atoms with van der Waals surface area (Å²) in [5.74, 6) is -0.656. The van der Waals surface area contributed by atoms with Crippen molar-refractivity contribution >= 4 is 41.1 Å². The number of benzene rings is 2. The van der Waals surface area contributed by atoms with Crippen molar-refractivity contribution in [3.05, 3.63) is 54.1 Å². The molecule has 0 N–H and O–H groups in total. The molecule has 136 valence electrons. The van der Waals surface area contributed by atoms with E-state index in [0.29, 0.717) is 17.4 Å². The molecule has 1 aliphatic heterocycles. The Labute approximate surface area is 162 Å². The maximum atomic E-state index is 12.7. The third-order valence-corrected chi connectivity index (χ3v) is 6.23. The molecule has 6 heteroatoms. The third kappa shape index (κ3) is 4.24. The minimum atomic E-state index is -0.464. The van der Waals surface area contributed by atoms with Crippen LogP contribution in [0.1, 0.15) is 23.7 Å². The number of anilines is 1. The zero-order valence-corrected chi connectivity index (χ0v) is 16.4. The van der Waals surface area contributed by atoms with Gasteiger partial charge in [0.15, 0.2) is 6.61 Å². The van der Waals surface area contributed by atoms with Crippen LogP contribution in [-0.2, 0) is 9.53 Å². The van der Waals surface area contributed by atoms with Crippen LogP contribution in [-0.4, -0.2) is 36.5 Å². The Kier molecular flexibility index (Phi) is 6.27. The summed E-state index contributed by atoms with van der Waals surface area (Å²) in [6.45, 7) is 2.53. The van der Waals surface area contributed by atoms with Gasteiger partial charge < -0.3 is 9.64 Å². The molecule has 0 saturated heterocycles. The predicted octanol–water partition coefficient (Wildman–Crippen LogP) is 4.48. The quantitative estimate of drug-likeness (QED) is 0.572. The van der Waals surface area contributed by atoms with Gasteiger partial charge in [-0.15, -0.1) is 23.5 Å². The number of ether oxygens (including phenoxy) is 1. The highest BCUT2D eigenvalue weighted by Crippen LogP contribution is 2.37. The van der Waals surface area contributed by atoms with E-state index in [0.717, 1.165) is 21.9 Å². The Morgan fingerprint density at radius 1 is 1.19 bits per heavy atom. The van der Waals surface area contributed by atoms with E-state index in [1.54, 1.807) is 28.8 Å². The van der Waals surface area contributed by atoms with Crippen LogP contribution in [0.2, 0.25) is 0 Å². The zero-order valence-electron chi connectivity index (χ0n) is 14.8. The standard InChI is InChI=1S/C20H21NO3S2/c1-14-11-12-21(16-8-4-6-10-18(16)26-14)19(22)13-24-20(23)15-7-3-5-9-17(15)25-2/h3-10,14H,11-13H2,1-2H3/t14-/m1/s1. The highest BCUT2D eigenvalue weighted by Gasteiger charge is 2.25. The lowest BCUT2D eigenvalue weighted by Crippen LogP contribution is -2.35. The van der Waals surface area contributed by atoms with Crippen LogP contribution in [0.5, 0.6) is 0 Å². The maximum Gasteiger partial charge on any atom is 0.339 e. The fourth-order valence-electron chi connectivity index (χ4n) is 2.84. The molecule has 0 aromatic heterocycles. The maximum absolute atomic E-state index is 12.7. The van der Waals surface area contributed by atoms with Crippen molar-refractivity contribution in [2.45, 2.75) is 28.4 Å². The van der Waals surface area contributed by atoms with Gasteiger partial charge in [0.2, 0.25) is 0 Å². The van der Waals surface area contributed by atoms with E-state index in [1.807, 2.05) is 42.7 Å². The molecule has 0 bridgehead atoms. The normalized spacial score (nSPS) is 16.5. The largest absolute Gasteiger partial charge is 0.452 e. The van der Waals surface area contributed by atoms with Gasteiger partial charge in [0, 0.05) is 21.6 Å². The van der Waals surface area contributed by atoms with Crippen molar-refractivity contribution in [3.63, 3.8) is 0 Å². The predicted molar refractivity (Wildman–Crippen MR) is 107 cm³/mol.